The molecule has 0 spiro atoms. The summed E-state index contributed by atoms with van der Waals surface area (Å²) in [5.74, 6) is 0. The first-order chi connectivity index (χ1) is 9.83. The Morgan fingerprint density at radius 1 is 1.15 bits per heavy atom. The lowest BCUT2D eigenvalue weighted by Crippen LogP contribution is -2.30. The molecule has 0 bridgehead atoms. The smallest absolute Gasteiger partial charge is 0.0746 e. The number of hydrogen-bond acceptors (Lipinski definition) is 3. The van der Waals surface area contributed by atoms with Crippen LogP contribution in [0.15, 0.2) is 55.0 Å². The number of hydrogen-bond donors (Lipinski definition) is 1. The molecular weight excluding hydrogens is 248 g/mol. The van der Waals surface area contributed by atoms with E-state index in [4.69, 9.17) is 0 Å². The Morgan fingerprint density at radius 3 is 2.90 bits per heavy atom. The minimum Gasteiger partial charge on any atom is -0.308 e. The Morgan fingerprint density at radius 2 is 2.05 bits per heavy atom. The number of rotatable bonds is 5. The van der Waals surface area contributed by atoms with Crippen molar-refractivity contribution in [1.82, 2.24) is 20.1 Å². The minimum absolute atomic E-state index is 0.355. The van der Waals surface area contributed by atoms with Gasteiger partial charge in [-0.3, -0.25) is 9.67 Å². The zero-order chi connectivity index (χ0) is 13.8. The van der Waals surface area contributed by atoms with E-state index in [1.165, 1.54) is 10.9 Å². The highest BCUT2D eigenvalue weighted by atomic mass is 15.3. The van der Waals surface area contributed by atoms with Gasteiger partial charge in [-0.1, -0.05) is 24.3 Å². The van der Waals surface area contributed by atoms with E-state index in [9.17, 15) is 0 Å². The van der Waals surface area contributed by atoms with Gasteiger partial charge in [0, 0.05) is 36.6 Å². The molecular formula is C16H18N4. The first-order valence-corrected chi connectivity index (χ1v) is 6.86. The average molecular weight is 266 g/mol. The van der Waals surface area contributed by atoms with Crippen LogP contribution in [-0.4, -0.2) is 20.8 Å². The van der Waals surface area contributed by atoms with Crippen LogP contribution in [-0.2, 0) is 13.1 Å². The molecule has 3 aromatic rings. The predicted octanol–water partition coefficient (Wildman–Crippen LogP) is 2.61. The van der Waals surface area contributed by atoms with Gasteiger partial charge in [0.1, 0.15) is 0 Å². The summed E-state index contributed by atoms with van der Waals surface area (Å²) in [6.45, 7) is 3.85. The van der Waals surface area contributed by atoms with Gasteiger partial charge in [0.15, 0.2) is 0 Å². The molecule has 1 N–H and O–H groups in total. The molecule has 0 aliphatic carbocycles. The molecule has 4 nitrogen and oxygen atoms in total. The monoisotopic (exact) mass is 266 g/mol. The highest BCUT2D eigenvalue weighted by Gasteiger charge is 2.05. The summed E-state index contributed by atoms with van der Waals surface area (Å²) in [4.78, 5) is 4.48. The fourth-order valence-electron chi connectivity index (χ4n) is 2.35. The lowest BCUT2D eigenvalue weighted by atomic mass is 10.1. The van der Waals surface area contributed by atoms with Crippen LogP contribution in [0.4, 0.5) is 0 Å². The number of aromatic nitrogens is 3. The Balaban J connectivity index is 1.67. The molecule has 3 rings (SSSR count). The van der Waals surface area contributed by atoms with Gasteiger partial charge >= 0.3 is 0 Å². The maximum absolute atomic E-state index is 4.48. The molecule has 2 aromatic heterocycles. The van der Waals surface area contributed by atoms with E-state index < -0.39 is 0 Å². The molecule has 4 heteroatoms. The number of nitrogens with zero attached hydrogens (tertiary/aromatic N) is 3. The maximum atomic E-state index is 4.48. The molecule has 0 amide bonds. The Labute approximate surface area is 118 Å². The second kappa shape index (κ2) is 5.84. The number of nitrogens with one attached hydrogen (secondary N) is 1. The largest absolute Gasteiger partial charge is 0.308 e. The van der Waals surface area contributed by atoms with E-state index in [1.807, 2.05) is 29.2 Å². The zero-order valence-corrected chi connectivity index (χ0v) is 11.5. The van der Waals surface area contributed by atoms with Crippen molar-refractivity contribution in [2.24, 2.45) is 0 Å². The van der Waals surface area contributed by atoms with E-state index in [1.54, 1.807) is 6.20 Å². The van der Waals surface area contributed by atoms with E-state index in [-0.39, 0.29) is 0 Å². The summed E-state index contributed by atoms with van der Waals surface area (Å²) >= 11 is 0. The van der Waals surface area contributed by atoms with Crippen molar-refractivity contribution in [1.29, 1.82) is 0 Å². The Kier molecular flexibility index (Phi) is 3.74. The molecule has 0 saturated heterocycles. The summed E-state index contributed by atoms with van der Waals surface area (Å²) < 4.78 is 1.94. The molecule has 102 valence electrons. The van der Waals surface area contributed by atoms with Gasteiger partial charge in [-0.15, -0.1) is 0 Å². The normalized spacial score (nSPS) is 12.7. The standard InChI is InChI=1S/C16H18N4/c1-13(12-20-10-4-9-19-20)18-11-15-6-2-5-14-7-3-8-17-16(14)15/h2-10,13,18H,11-12H2,1H3. The van der Waals surface area contributed by atoms with Crippen molar-refractivity contribution >= 4 is 10.9 Å². The zero-order valence-electron chi connectivity index (χ0n) is 11.5. The number of para-hydroxylation sites is 1. The van der Waals surface area contributed by atoms with Gasteiger partial charge in [0.2, 0.25) is 0 Å². The van der Waals surface area contributed by atoms with Crippen molar-refractivity contribution in [2.75, 3.05) is 0 Å². The summed E-state index contributed by atoms with van der Waals surface area (Å²) in [5, 5.41) is 8.94. The number of pyridine rings is 1. The topological polar surface area (TPSA) is 42.7 Å². The lowest BCUT2D eigenvalue weighted by Gasteiger charge is -2.14. The van der Waals surface area contributed by atoms with Crippen molar-refractivity contribution in [3.8, 4) is 0 Å². The van der Waals surface area contributed by atoms with Gasteiger partial charge in [0.05, 0.1) is 12.1 Å². The average Bonchev–Trinajstić information content (AvgIpc) is 2.98. The molecule has 0 saturated carbocycles. The van der Waals surface area contributed by atoms with Crippen molar-refractivity contribution in [3.05, 3.63) is 60.6 Å². The third-order valence-corrected chi connectivity index (χ3v) is 3.38. The van der Waals surface area contributed by atoms with Gasteiger partial charge in [-0.2, -0.15) is 5.10 Å². The highest BCUT2D eigenvalue weighted by Crippen LogP contribution is 2.15. The fraction of sp³-hybridized carbons (Fsp3) is 0.250. The van der Waals surface area contributed by atoms with Gasteiger partial charge in [-0.25, -0.2) is 0 Å². The van der Waals surface area contributed by atoms with E-state index in [0.29, 0.717) is 6.04 Å². The molecule has 1 atom stereocenters. The van der Waals surface area contributed by atoms with Crippen molar-refractivity contribution in [3.63, 3.8) is 0 Å². The van der Waals surface area contributed by atoms with Crippen LogP contribution in [0, 0.1) is 0 Å². The molecule has 20 heavy (non-hydrogen) atoms. The summed E-state index contributed by atoms with van der Waals surface area (Å²) in [6, 6.07) is 12.7. The van der Waals surface area contributed by atoms with Crippen molar-refractivity contribution in [2.45, 2.75) is 26.1 Å². The van der Waals surface area contributed by atoms with Crippen LogP contribution < -0.4 is 5.32 Å². The molecule has 1 aromatic carbocycles. The Bertz CT molecular complexity index is 671. The first-order valence-electron chi connectivity index (χ1n) is 6.86. The SMILES string of the molecule is CC(Cn1cccn1)NCc1cccc2cccnc12. The molecule has 1 unspecified atom stereocenters. The number of benzene rings is 1. The first kappa shape index (κ1) is 12.8. The Hall–Kier alpha value is -2.20. The number of fused-ring (bicyclic) bond motifs is 1. The molecule has 0 aliphatic rings. The van der Waals surface area contributed by atoms with Gasteiger partial charge < -0.3 is 5.32 Å². The quantitative estimate of drug-likeness (QED) is 0.772. The van der Waals surface area contributed by atoms with Gasteiger partial charge in [0.25, 0.3) is 0 Å². The molecule has 0 fully saturated rings. The molecule has 2 heterocycles. The summed E-state index contributed by atoms with van der Waals surface area (Å²) in [5.41, 5.74) is 2.31. The van der Waals surface area contributed by atoms with E-state index in [2.05, 4.69) is 46.6 Å². The second-order valence-corrected chi connectivity index (χ2v) is 5.00. The maximum Gasteiger partial charge on any atom is 0.0746 e. The van der Waals surface area contributed by atoms with Crippen LogP contribution >= 0.6 is 0 Å². The third-order valence-electron chi connectivity index (χ3n) is 3.38. The fourth-order valence-corrected chi connectivity index (χ4v) is 2.35. The third kappa shape index (κ3) is 2.86. The minimum atomic E-state index is 0.355. The molecule has 0 radical (unpaired) electrons. The van der Waals surface area contributed by atoms with Crippen LogP contribution in [0.3, 0.4) is 0 Å². The lowest BCUT2D eigenvalue weighted by molar-refractivity contribution is 0.451. The van der Waals surface area contributed by atoms with Crippen LogP contribution in [0.1, 0.15) is 12.5 Å². The van der Waals surface area contributed by atoms with E-state index in [0.717, 1.165) is 18.6 Å². The van der Waals surface area contributed by atoms with Crippen molar-refractivity contribution < 1.29 is 0 Å². The van der Waals surface area contributed by atoms with Gasteiger partial charge in [-0.05, 0) is 24.6 Å². The summed E-state index contributed by atoms with van der Waals surface area (Å²) in [6.07, 6.45) is 5.64. The second-order valence-electron chi connectivity index (χ2n) is 5.00. The molecule has 0 aliphatic heterocycles. The van der Waals surface area contributed by atoms with E-state index >= 15 is 0 Å². The predicted molar refractivity (Wildman–Crippen MR) is 80.3 cm³/mol. The van der Waals surface area contributed by atoms with Crippen LogP contribution in [0.2, 0.25) is 0 Å². The van der Waals surface area contributed by atoms with Crippen LogP contribution in [0.5, 0.6) is 0 Å². The van der Waals surface area contributed by atoms with Crippen LogP contribution in [0.25, 0.3) is 10.9 Å². The highest BCUT2D eigenvalue weighted by molar-refractivity contribution is 5.81. The summed E-state index contributed by atoms with van der Waals surface area (Å²) in [7, 11) is 0.